The minimum atomic E-state index is 0.539. The summed E-state index contributed by atoms with van der Waals surface area (Å²) in [6.07, 6.45) is 3.99. The standard InChI is InChI=1S/C11H20O/c1-9(2)11(4)6-5-10(3)7-8-12/h8,10H,5-7H2,1-4H3. The maximum Gasteiger partial charge on any atom is 0.120 e. The molecule has 70 valence electrons. The summed E-state index contributed by atoms with van der Waals surface area (Å²) in [5, 5.41) is 0. The third kappa shape index (κ3) is 5.11. The molecule has 0 amide bonds. The van der Waals surface area contributed by atoms with E-state index < -0.39 is 0 Å². The molecule has 0 spiro atoms. The lowest BCUT2D eigenvalue weighted by Crippen LogP contribution is -1.96. The molecular weight excluding hydrogens is 148 g/mol. The lowest BCUT2D eigenvalue weighted by molar-refractivity contribution is -0.108. The zero-order chi connectivity index (χ0) is 9.56. The molecule has 0 bridgehead atoms. The topological polar surface area (TPSA) is 17.1 Å². The largest absolute Gasteiger partial charge is 0.303 e. The normalized spacial score (nSPS) is 12.3. The van der Waals surface area contributed by atoms with Crippen LogP contribution >= 0.6 is 0 Å². The summed E-state index contributed by atoms with van der Waals surface area (Å²) in [5.74, 6) is 0.539. The lowest BCUT2D eigenvalue weighted by atomic mass is 9.98. The van der Waals surface area contributed by atoms with Gasteiger partial charge in [0.15, 0.2) is 0 Å². The van der Waals surface area contributed by atoms with Gasteiger partial charge < -0.3 is 4.79 Å². The molecule has 1 nitrogen and oxygen atoms in total. The fourth-order valence-electron chi connectivity index (χ4n) is 0.995. The third-order valence-corrected chi connectivity index (χ3v) is 2.36. The summed E-state index contributed by atoms with van der Waals surface area (Å²) >= 11 is 0. The van der Waals surface area contributed by atoms with Crippen molar-refractivity contribution in [2.75, 3.05) is 0 Å². The van der Waals surface area contributed by atoms with Gasteiger partial charge >= 0.3 is 0 Å². The summed E-state index contributed by atoms with van der Waals surface area (Å²) in [6, 6.07) is 0. The first kappa shape index (κ1) is 11.4. The van der Waals surface area contributed by atoms with Gasteiger partial charge in [-0.25, -0.2) is 0 Å². The third-order valence-electron chi connectivity index (χ3n) is 2.36. The highest BCUT2D eigenvalue weighted by atomic mass is 16.1. The van der Waals surface area contributed by atoms with Gasteiger partial charge in [0, 0.05) is 6.42 Å². The maximum atomic E-state index is 10.2. The first-order valence-corrected chi connectivity index (χ1v) is 4.64. The molecule has 0 N–H and O–H groups in total. The molecule has 12 heavy (non-hydrogen) atoms. The predicted molar refractivity (Wildman–Crippen MR) is 53.1 cm³/mol. The fraction of sp³-hybridized carbons (Fsp3) is 0.727. The van der Waals surface area contributed by atoms with E-state index in [1.165, 1.54) is 11.1 Å². The maximum absolute atomic E-state index is 10.2. The number of carbonyl (C=O) groups excluding carboxylic acids is 1. The summed E-state index contributed by atoms with van der Waals surface area (Å²) in [7, 11) is 0. The second kappa shape index (κ2) is 5.99. The summed E-state index contributed by atoms with van der Waals surface area (Å²) in [5.41, 5.74) is 2.88. The molecule has 0 saturated heterocycles. The van der Waals surface area contributed by atoms with Crippen LogP contribution in [0, 0.1) is 5.92 Å². The van der Waals surface area contributed by atoms with Crippen molar-refractivity contribution in [1.29, 1.82) is 0 Å². The molecule has 0 aliphatic carbocycles. The summed E-state index contributed by atoms with van der Waals surface area (Å²) in [6.45, 7) is 8.58. The SMILES string of the molecule is CC(C)=C(C)CCC(C)CC=O. The first-order chi connectivity index (χ1) is 5.57. The highest BCUT2D eigenvalue weighted by molar-refractivity contribution is 5.49. The second-order valence-corrected chi connectivity index (χ2v) is 3.83. The molecule has 0 aromatic carbocycles. The number of aldehydes is 1. The van der Waals surface area contributed by atoms with Crippen molar-refractivity contribution in [3.05, 3.63) is 11.1 Å². The number of hydrogen-bond donors (Lipinski definition) is 0. The average molecular weight is 168 g/mol. The minimum absolute atomic E-state index is 0.539. The number of hydrogen-bond acceptors (Lipinski definition) is 1. The van der Waals surface area contributed by atoms with Gasteiger partial charge in [-0.2, -0.15) is 0 Å². The Labute approximate surface area is 75.9 Å². The molecule has 0 aromatic rings. The molecule has 0 aliphatic heterocycles. The van der Waals surface area contributed by atoms with Crippen LogP contribution in [0.3, 0.4) is 0 Å². The van der Waals surface area contributed by atoms with Crippen LogP contribution in [0.15, 0.2) is 11.1 Å². The molecule has 1 heteroatoms. The second-order valence-electron chi connectivity index (χ2n) is 3.83. The average Bonchev–Trinajstić information content (AvgIpc) is 2.00. The van der Waals surface area contributed by atoms with Gasteiger partial charge in [-0.05, 0) is 39.5 Å². The van der Waals surface area contributed by atoms with Gasteiger partial charge in [0.05, 0.1) is 0 Å². The zero-order valence-electron chi connectivity index (χ0n) is 8.68. The van der Waals surface area contributed by atoms with Crippen molar-refractivity contribution in [2.45, 2.75) is 47.0 Å². The van der Waals surface area contributed by atoms with Gasteiger partial charge in [0.1, 0.15) is 6.29 Å². The van der Waals surface area contributed by atoms with Crippen molar-refractivity contribution in [1.82, 2.24) is 0 Å². The summed E-state index contributed by atoms with van der Waals surface area (Å²) in [4.78, 5) is 10.2. The van der Waals surface area contributed by atoms with E-state index in [0.717, 1.165) is 19.1 Å². The van der Waals surface area contributed by atoms with Crippen molar-refractivity contribution in [3.63, 3.8) is 0 Å². The lowest BCUT2D eigenvalue weighted by Gasteiger charge is -2.08. The Hall–Kier alpha value is -0.590. The monoisotopic (exact) mass is 168 g/mol. The minimum Gasteiger partial charge on any atom is -0.303 e. The number of carbonyl (C=O) groups is 1. The Kier molecular flexibility index (Phi) is 5.69. The van der Waals surface area contributed by atoms with Crippen LogP contribution in [-0.2, 0) is 4.79 Å². The molecule has 0 aliphatic rings. The molecule has 0 saturated carbocycles. The smallest absolute Gasteiger partial charge is 0.120 e. The van der Waals surface area contributed by atoms with Gasteiger partial charge in [0.2, 0.25) is 0 Å². The van der Waals surface area contributed by atoms with E-state index in [1.54, 1.807) is 0 Å². The Morgan fingerprint density at radius 1 is 1.33 bits per heavy atom. The van der Waals surface area contributed by atoms with Crippen molar-refractivity contribution in [2.24, 2.45) is 5.92 Å². The van der Waals surface area contributed by atoms with E-state index in [0.29, 0.717) is 12.3 Å². The van der Waals surface area contributed by atoms with Crippen LogP contribution in [-0.4, -0.2) is 6.29 Å². The zero-order valence-corrected chi connectivity index (χ0v) is 8.68. The Balaban J connectivity index is 3.68. The van der Waals surface area contributed by atoms with Gasteiger partial charge in [-0.1, -0.05) is 18.1 Å². The van der Waals surface area contributed by atoms with E-state index in [-0.39, 0.29) is 0 Å². The molecule has 0 rings (SSSR count). The number of allylic oxidation sites excluding steroid dienone is 2. The quantitative estimate of drug-likeness (QED) is 0.454. The highest BCUT2D eigenvalue weighted by Gasteiger charge is 2.01. The van der Waals surface area contributed by atoms with Crippen molar-refractivity contribution in [3.8, 4) is 0 Å². The van der Waals surface area contributed by atoms with Crippen molar-refractivity contribution >= 4 is 6.29 Å². The Morgan fingerprint density at radius 2 is 1.92 bits per heavy atom. The molecule has 0 heterocycles. The van der Waals surface area contributed by atoms with E-state index in [4.69, 9.17) is 0 Å². The molecular formula is C11H20O. The molecule has 1 atom stereocenters. The first-order valence-electron chi connectivity index (χ1n) is 4.64. The van der Waals surface area contributed by atoms with E-state index in [9.17, 15) is 4.79 Å². The predicted octanol–water partition coefficient (Wildman–Crippen LogP) is 3.35. The van der Waals surface area contributed by atoms with E-state index in [1.807, 2.05) is 0 Å². The van der Waals surface area contributed by atoms with Crippen LogP contribution in [0.5, 0.6) is 0 Å². The van der Waals surface area contributed by atoms with Gasteiger partial charge in [-0.15, -0.1) is 0 Å². The molecule has 1 unspecified atom stereocenters. The fourth-order valence-corrected chi connectivity index (χ4v) is 0.995. The molecule has 0 aromatic heterocycles. The Morgan fingerprint density at radius 3 is 2.33 bits per heavy atom. The van der Waals surface area contributed by atoms with Crippen LogP contribution in [0.1, 0.15) is 47.0 Å². The van der Waals surface area contributed by atoms with E-state index >= 15 is 0 Å². The van der Waals surface area contributed by atoms with E-state index in [2.05, 4.69) is 27.7 Å². The van der Waals surface area contributed by atoms with Crippen molar-refractivity contribution < 1.29 is 4.79 Å². The summed E-state index contributed by atoms with van der Waals surface area (Å²) < 4.78 is 0. The van der Waals surface area contributed by atoms with Crippen LogP contribution in [0.4, 0.5) is 0 Å². The van der Waals surface area contributed by atoms with Crippen LogP contribution < -0.4 is 0 Å². The van der Waals surface area contributed by atoms with Gasteiger partial charge in [-0.3, -0.25) is 0 Å². The molecule has 0 radical (unpaired) electrons. The Bertz CT molecular complexity index is 164. The van der Waals surface area contributed by atoms with Gasteiger partial charge in [0.25, 0.3) is 0 Å². The highest BCUT2D eigenvalue weighted by Crippen LogP contribution is 2.15. The molecule has 0 fully saturated rings. The van der Waals surface area contributed by atoms with Crippen LogP contribution in [0.2, 0.25) is 0 Å². The van der Waals surface area contributed by atoms with Crippen LogP contribution in [0.25, 0.3) is 0 Å². The number of rotatable bonds is 5.